The summed E-state index contributed by atoms with van der Waals surface area (Å²) in [6.07, 6.45) is 3.90. The Kier molecular flexibility index (Phi) is 3.79. The molecule has 1 N–H and O–H groups in total. The van der Waals surface area contributed by atoms with Crippen molar-refractivity contribution in [2.45, 2.75) is 5.92 Å². The molecule has 2 aliphatic rings. The molecule has 0 spiro atoms. The molecule has 5 nitrogen and oxygen atoms in total. The summed E-state index contributed by atoms with van der Waals surface area (Å²) in [5.41, 5.74) is 2.61. The molecule has 0 saturated carbocycles. The molecule has 0 amide bonds. The van der Waals surface area contributed by atoms with Crippen LogP contribution in [0.3, 0.4) is 0 Å². The van der Waals surface area contributed by atoms with Crippen LogP contribution in [0.15, 0.2) is 47.4 Å². The molecule has 1 aromatic carbocycles. The fourth-order valence-electron chi connectivity index (χ4n) is 2.97. The third-order valence-electron chi connectivity index (χ3n) is 4.19. The van der Waals surface area contributed by atoms with E-state index < -0.39 is 5.97 Å². The van der Waals surface area contributed by atoms with Crippen molar-refractivity contribution in [2.75, 3.05) is 13.2 Å². The summed E-state index contributed by atoms with van der Waals surface area (Å²) in [6, 6.07) is 8.96. The summed E-state index contributed by atoms with van der Waals surface area (Å²) in [5.74, 6) is 0.392. The lowest BCUT2D eigenvalue weighted by atomic mass is 9.99. The van der Waals surface area contributed by atoms with Gasteiger partial charge in [0.05, 0.1) is 22.1 Å². The SMILES string of the molecule is N#CC1=CC(c2ccc(C(=O)O)cc2)C=C1c1scc2c1OCCO2. The lowest BCUT2D eigenvalue weighted by molar-refractivity contribution is 0.0697. The van der Waals surface area contributed by atoms with Gasteiger partial charge in [-0.3, -0.25) is 0 Å². The number of thiophene rings is 1. The lowest BCUT2D eigenvalue weighted by Gasteiger charge is -2.16. The smallest absolute Gasteiger partial charge is 0.335 e. The highest BCUT2D eigenvalue weighted by Gasteiger charge is 2.27. The number of carbonyl (C=O) groups is 1. The van der Waals surface area contributed by atoms with Crippen LogP contribution in [-0.4, -0.2) is 24.3 Å². The number of hydrogen-bond donors (Lipinski definition) is 1. The molecule has 0 saturated heterocycles. The Morgan fingerprint density at radius 1 is 1.20 bits per heavy atom. The van der Waals surface area contributed by atoms with Crippen LogP contribution in [0.2, 0.25) is 0 Å². The summed E-state index contributed by atoms with van der Waals surface area (Å²) in [7, 11) is 0. The number of carboxylic acids is 1. The number of hydrogen-bond acceptors (Lipinski definition) is 5. The predicted octanol–water partition coefficient (Wildman–Crippen LogP) is 3.85. The molecule has 1 aromatic heterocycles. The van der Waals surface area contributed by atoms with Crippen molar-refractivity contribution in [3.8, 4) is 17.6 Å². The first-order chi connectivity index (χ1) is 12.2. The molecular weight excluding hydrogens is 338 g/mol. The van der Waals surface area contributed by atoms with Gasteiger partial charge in [-0.2, -0.15) is 5.26 Å². The summed E-state index contributed by atoms with van der Waals surface area (Å²) in [4.78, 5) is 11.9. The number of benzene rings is 1. The van der Waals surface area contributed by atoms with E-state index in [9.17, 15) is 10.1 Å². The molecule has 2 heterocycles. The van der Waals surface area contributed by atoms with Gasteiger partial charge in [-0.25, -0.2) is 4.79 Å². The molecule has 0 fully saturated rings. The van der Waals surface area contributed by atoms with Gasteiger partial charge in [-0.05, 0) is 17.7 Å². The molecule has 1 atom stereocenters. The monoisotopic (exact) mass is 351 g/mol. The third-order valence-corrected chi connectivity index (χ3v) is 5.16. The maximum absolute atomic E-state index is 11.0. The molecule has 6 heteroatoms. The number of aromatic carboxylic acids is 1. The summed E-state index contributed by atoms with van der Waals surface area (Å²) >= 11 is 1.50. The zero-order valence-corrected chi connectivity index (χ0v) is 13.9. The number of ether oxygens (including phenoxy) is 2. The van der Waals surface area contributed by atoms with E-state index >= 15 is 0 Å². The Balaban J connectivity index is 1.71. The van der Waals surface area contributed by atoms with Crippen LogP contribution >= 0.6 is 11.3 Å². The second-order valence-corrected chi connectivity index (χ2v) is 6.56. The maximum atomic E-state index is 11.0. The van der Waals surface area contributed by atoms with Gasteiger partial charge in [-0.15, -0.1) is 11.3 Å². The van der Waals surface area contributed by atoms with Crippen molar-refractivity contribution in [1.29, 1.82) is 5.26 Å². The van der Waals surface area contributed by atoms with E-state index in [2.05, 4.69) is 6.07 Å². The number of nitrogens with zero attached hydrogens (tertiary/aromatic N) is 1. The highest BCUT2D eigenvalue weighted by atomic mass is 32.1. The van der Waals surface area contributed by atoms with Crippen LogP contribution in [0, 0.1) is 11.3 Å². The van der Waals surface area contributed by atoms with Gasteiger partial charge in [0.2, 0.25) is 0 Å². The number of rotatable bonds is 3. The van der Waals surface area contributed by atoms with Crippen LogP contribution in [0.4, 0.5) is 0 Å². The van der Waals surface area contributed by atoms with E-state index in [0.717, 1.165) is 21.8 Å². The number of nitriles is 1. The van der Waals surface area contributed by atoms with Crippen molar-refractivity contribution < 1.29 is 19.4 Å². The van der Waals surface area contributed by atoms with Gasteiger partial charge in [0.25, 0.3) is 0 Å². The summed E-state index contributed by atoms with van der Waals surface area (Å²) in [5, 5.41) is 20.4. The van der Waals surface area contributed by atoms with Gasteiger partial charge >= 0.3 is 5.97 Å². The van der Waals surface area contributed by atoms with Crippen molar-refractivity contribution in [3.63, 3.8) is 0 Å². The highest BCUT2D eigenvalue weighted by Crippen LogP contribution is 2.48. The predicted molar refractivity (Wildman–Crippen MR) is 93.1 cm³/mol. The van der Waals surface area contributed by atoms with Crippen LogP contribution in [0.25, 0.3) is 5.57 Å². The molecule has 1 aliphatic heterocycles. The van der Waals surface area contributed by atoms with Gasteiger partial charge < -0.3 is 14.6 Å². The van der Waals surface area contributed by atoms with Crippen molar-refractivity contribution >= 4 is 22.9 Å². The number of allylic oxidation sites excluding steroid dienone is 4. The molecule has 25 heavy (non-hydrogen) atoms. The number of fused-ring (bicyclic) bond motifs is 1. The molecular formula is C19H13NO4S. The molecule has 1 aliphatic carbocycles. The standard InChI is InChI=1S/C19H13NO4S/c20-9-14-7-13(11-1-3-12(4-2-11)19(21)22)8-15(14)18-17-16(10-25-18)23-5-6-24-17/h1-4,7-8,10,13H,5-6H2,(H,21,22). The van der Waals surface area contributed by atoms with E-state index in [4.69, 9.17) is 14.6 Å². The minimum Gasteiger partial charge on any atom is -0.485 e. The highest BCUT2D eigenvalue weighted by molar-refractivity contribution is 7.12. The average molecular weight is 351 g/mol. The van der Waals surface area contributed by atoms with Crippen LogP contribution < -0.4 is 9.47 Å². The Labute approximate surface area is 148 Å². The molecule has 0 radical (unpaired) electrons. The Morgan fingerprint density at radius 2 is 1.96 bits per heavy atom. The zero-order chi connectivity index (χ0) is 17.4. The van der Waals surface area contributed by atoms with Gasteiger partial charge in [-0.1, -0.05) is 24.3 Å². The fourth-order valence-corrected chi connectivity index (χ4v) is 3.94. The van der Waals surface area contributed by atoms with Crippen LogP contribution in [-0.2, 0) is 0 Å². The number of carboxylic acid groups (broad SMARTS) is 1. The third kappa shape index (κ3) is 2.69. The zero-order valence-electron chi connectivity index (χ0n) is 13.1. The summed E-state index contributed by atoms with van der Waals surface area (Å²) < 4.78 is 11.3. The van der Waals surface area contributed by atoms with Gasteiger partial charge in [0.1, 0.15) is 13.2 Å². The second-order valence-electron chi connectivity index (χ2n) is 5.68. The van der Waals surface area contributed by atoms with Crippen molar-refractivity contribution in [1.82, 2.24) is 0 Å². The van der Waals surface area contributed by atoms with Crippen LogP contribution in [0.5, 0.6) is 11.5 Å². The first-order valence-electron chi connectivity index (χ1n) is 7.72. The minimum atomic E-state index is -0.954. The molecule has 1 unspecified atom stereocenters. The molecule has 2 aromatic rings. The summed E-state index contributed by atoms with van der Waals surface area (Å²) in [6.45, 7) is 1.03. The topological polar surface area (TPSA) is 79.6 Å². The first kappa shape index (κ1) is 15.5. The Hall–Kier alpha value is -3.04. The Morgan fingerprint density at radius 3 is 2.68 bits per heavy atom. The molecule has 124 valence electrons. The largest absolute Gasteiger partial charge is 0.485 e. The van der Waals surface area contributed by atoms with E-state index in [1.807, 2.05) is 17.5 Å². The molecule has 0 bridgehead atoms. The first-order valence-corrected chi connectivity index (χ1v) is 8.60. The quantitative estimate of drug-likeness (QED) is 0.908. The molecule has 4 rings (SSSR count). The van der Waals surface area contributed by atoms with E-state index in [0.29, 0.717) is 24.5 Å². The Bertz CT molecular complexity index is 947. The fraction of sp³-hybridized carbons (Fsp3) is 0.158. The normalized spacial score (nSPS) is 18.3. The maximum Gasteiger partial charge on any atom is 0.335 e. The van der Waals surface area contributed by atoms with Gasteiger partial charge in [0.15, 0.2) is 11.5 Å². The van der Waals surface area contributed by atoms with E-state index in [1.54, 1.807) is 24.3 Å². The lowest BCUT2D eigenvalue weighted by Crippen LogP contribution is -2.14. The second kappa shape index (κ2) is 6.11. The average Bonchev–Trinajstić information content (AvgIpc) is 3.25. The van der Waals surface area contributed by atoms with E-state index in [-0.39, 0.29) is 11.5 Å². The van der Waals surface area contributed by atoms with E-state index in [1.165, 1.54) is 11.3 Å². The van der Waals surface area contributed by atoms with Crippen molar-refractivity contribution in [2.24, 2.45) is 0 Å². The van der Waals surface area contributed by atoms with Crippen LogP contribution in [0.1, 0.15) is 26.7 Å². The van der Waals surface area contributed by atoms with Gasteiger partial charge in [0, 0.05) is 16.9 Å². The minimum absolute atomic E-state index is 0.0743. The van der Waals surface area contributed by atoms with Crippen molar-refractivity contribution in [3.05, 3.63) is 63.4 Å².